The molecule has 5 nitrogen and oxygen atoms in total. The van der Waals surface area contributed by atoms with E-state index in [2.05, 4.69) is 0 Å². The molecule has 2 heterocycles. The minimum atomic E-state index is 0.0687. The standard InChI is InChI=1S/C15H23N3O2/c1-17(8-11-3-2-6-20-10-11)15(19)14-7-12(16)9-18(14)13-4-5-13/h7,9,11,13H,2-6,8,10,16H2,1H3. The van der Waals surface area contributed by atoms with E-state index in [1.54, 1.807) is 6.07 Å². The Kier molecular flexibility index (Phi) is 3.70. The third-order valence-corrected chi connectivity index (χ3v) is 4.16. The van der Waals surface area contributed by atoms with Gasteiger partial charge in [0, 0.05) is 32.4 Å². The van der Waals surface area contributed by atoms with Crippen molar-refractivity contribution in [1.29, 1.82) is 0 Å². The van der Waals surface area contributed by atoms with Gasteiger partial charge < -0.3 is 19.9 Å². The smallest absolute Gasteiger partial charge is 0.270 e. The molecule has 1 aliphatic carbocycles. The maximum absolute atomic E-state index is 12.6. The summed E-state index contributed by atoms with van der Waals surface area (Å²) in [6, 6.07) is 2.27. The van der Waals surface area contributed by atoms with E-state index in [0.717, 1.165) is 51.1 Å². The van der Waals surface area contributed by atoms with Crippen molar-refractivity contribution in [2.75, 3.05) is 32.5 Å². The number of hydrogen-bond acceptors (Lipinski definition) is 3. The van der Waals surface area contributed by atoms with Gasteiger partial charge in [0.2, 0.25) is 0 Å². The van der Waals surface area contributed by atoms with Crippen LogP contribution in [0, 0.1) is 5.92 Å². The highest BCUT2D eigenvalue weighted by Gasteiger charge is 2.29. The van der Waals surface area contributed by atoms with Crippen LogP contribution in [0.4, 0.5) is 5.69 Å². The molecule has 0 aromatic carbocycles. The predicted octanol–water partition coefficient (Wildman–Crippen LogP) is 1.90. The van der Waals surface area contributed by atoms with E-state index >= 15 is 0 Å². The Morgan fingerprint density at radius 1 is 1.50 bits per heavy atom. The first-order valence-corrected chi connectivity index (χ1v) is 7.45. The lowest BCUT2D eigenvalue weighted by atomic mass is 10.0. The number of nitrogens with two attached hydrogens (primary N) is 1. The third kappa shape index (κ3) is 2.82. The van der Waals surface area contributed by atoms with Crippen LogP contribution in [0.15, 0.2) is 12.3 Å². The van der Waals surface area contributed by atoms with E-state index in [1.807, 2.05) is 22.7 Å². The number of amides is 1. The van der Waals surface area contributed by atoms with Gasteiger partial charge in [0.15, 0.2) is 0 Å². The summed E-state index contributed by atoms with van der Waals surface area (Å²) in [5.74, 6) is 0.526. The average molecular weight is 277 g/mol. The van der Waals surface area contributed by atoms with Gasteiger partial charge in [-0.2, -0.15) is 0 Å². The molecule has 1 aliphatic heterocycles. The summed E-state index contributed by atoms with van der Waals surface area (Å²) in [5.41, 5.74) is 7.26. The second-order valence-corrected chi connectivity index (χ2v) is 6.07. The molecule has 2 aliphatic rings. The summed E-state index contributed by atoms with van der Waals surface area (Å²) in [7, 11) is 1.87. The number of hydrogen-bond donors (Lipinski definition) is 1. The number of aromatic nitrogens is 1. The Balaban J connectivity index is 1.68. The third-order valence-electron chi connectivity index (χ3n) is 4.16. The van der Waals surface area contributed by atoms with Crippen LogP contribution in [0.3, 0.4) is 0 Å². The van der Waals surface area contributed by atoms with E-state index in [0.29, 0.717) is 17.6 Å². The lowest BCUT2D eigenvalue weighted by molar-refractivity contribution is 0.0385. The first-order valence-electron chi connectivity index (χ1n) is 7.45. The quantitative estimate of drug-likeness (QED) is 0.914. The number of carbonyl (C=O) groups excluding carboxylic acids is 1. The molecule has 0 spiro atoms. The van der Waals surface area contributed by atoms with Gasteiger partial charge in [0.1, 0.15) is 5.69 Å². The number of ether oxygens (including phenoxy) is 1. The number of carbonyl (C=O) groups is 1. The van der Waals surface area contributed by atoms with Crippen LogP contribution in [0.1, 0.15) is 42.2 Å². The number of anilines is 1. The Morgan fingerprint density at radius 2 is 2.30 bits per heavy atom. The first-order chi connectivity index (χ1) is 9.65. The summed E-state index contributed by atoms with van der Waals surface area (Å²) in [6.45, 7) is 2.38. The molecule has 1 atom stereocenters. The number of nitrogen functional groups attached to an aromatic ring is 1. The van der Waals surface area contributed by atoms with Gasteiger partial charge in [-0.3, -0.25) is 4.79 Å². The number of rotatable bonds is 4. The molecule has 0 bridgehead atoms. The second-order valence-electron chi connectivity index (χ2n) is 6.07. The molecule has 2 N–H and O–H groups in total. The van der Waals surface area contributed by atoms with Gasteiger partial charge in [-0.25, -0.2) is 0 Å². The van der Waals surface area contributed by atoms with Crippen LogP contribution < -0.4 is 5.73 Å². The van der Waals surface area contributed by atoms with Crippen molar-refractivity contribution in [3.63, 3.8) is 0 Å². The van der Waals surface area contributed by atoms with Crippen molar-refractivity contribution in [3.05, 3.63) is 18.0 Å². The molecule has 1 amide bonds. The molecule has 1 aromatic heterocycles. The Bertz CT molecular complexity index is 487. The van der Waals surface area contributed by atoms with Crippen molar-refractivity contribution in [1.82, 2.24) is 9.47 Å². The molecule has 20 heavy (non-hydrogen) atoms. The molecule has 1 saturated heterocycles. The largest absolute Gasteiger partial charge is 0.397 e. The minimum absolute atomic E-state index is 0.0687. The maximum Gasteiger partial charge on any atom is 0.270 e. The molecule has 1 unspecified atom stereocenters. The highest BCUT2D eigenvalue weighted by Crippen LogP contribution is 2.37. The van der Waals surface area contributed by atoms with E-state index in [-0.39, 0.29) is 5.91 Å². The SMILES string of the molecule is CN(CC1CCCOC1)C(=O)c1cc(N)cn1C1CC1. The van der Waals surface area contributed by atoms with Gasteiger partial charge in [-0.05, 0) is 37.7 Å². The Hall–Kier alpha value is -1.49. The van der Waals surface area contributed by atoms with E-state index in [9.17, 15) is 4.79 Å². The Labute approximate surface area is 119 Å². The predicted molar refractivity (Wildman–Crippen MR) is 77.6 cm³/mol. The van der Waals surface area contributed by atoms with Crippen molar-refractivity contribution in [3.8, 4) is 0 Å². The van der Waals surface area contributed by atoms with Crippen LogP contribution in [0.25, 0.3) is 0 Å². The number of nitrogens with zero attached hydrogens (tertiary/aromatic N) is 2. The lowest BCUT2D eigenvalue weighted by Crippen LogP contribution is -2.35. The highest BCUT2D eigenvalue weighted by molar-refractivity contribution is 5.93. The van der Waals surface area contributed by atoms with Crippen molar-refractivity contribution in [2.45, 2.75) is 31.7 Å². The molecule has 1 aromatic rings. The molecule has 0 radical (unpaired) electrons. The molecule has 1 saturated carbocycles. The van der Waals surface area contributed by atoms with Crippen molar-refractivity contribution in [2.24, 2.45) is 5.92 Å². The zero-order chi connectivity index (χ0) is 14.1. The van der Waals surface area contributed by atoms with Gasteiger partial charge >= 0.3 is 0 Å². The molecular formula is C15H23N3O2. The second kappa shape index (κ2) is 5.48. The first kappa shape index (κ1) is 13.5. The maximum atomic E-state index is 12.6. The van der Waals surface area contributed by atoms with Gasteiger partial charge in [-0.1, -0.05) is 0 Å². The van der Waals surface area contributed by atoms with Crippen molar-refractivity contribution >= 4 is 11.6 Å². The average Bonchev–Trinajstić information content (AvgIpc) is 3.22. The van der Waals surface area contributed by atoms with Crippen LogP contribution in [-0.2, 0) is 4.74 Å². The lowest BCUT2D eigenvalue weighted by Gasteiger charge is -2.27. The zero-order valence-electron chi connectivity index (χ0n) is 12.0. The summed E-state index contributed by atoms with van der Waals surface area (Å²) in [5, 5.41) is 0. The summed E-state index contributed by atoms with van der Waals surface area (Å²) in [6.07, 6.45) is 6.42. The van der Waals surface area contributed by atoms with Gasteiger partial charge in [-0.15, -0.1) is 0 Å². The fourth-order valence-corrected chi connectivity index (χ4v) is 2.94. The van der Waals surface area contributed by atoms with Crippen molar-refractivity contribution < 1.29 is 9.53 Å². The van der Waals surface area contributed by atoms with Gasteiger partial charge in [0.05, 0.1) is 12.3 Å². The normalized spacial score (nSPS) is 22.8. The molecular weight excluding hydrogens is 254 g/mol. The van der Waals surface area contributed by atoms with Crippen LogP contribution in [-0.4, -0.2) is 42.2 Å². The molecule has 3 rings (SSSR count). The minimum Gasteiger partial charge on any atom is -0.397 e. The monoisotopic (exact) mass is 277 g/mol. The van der Waals surface area contributed by atoms with E-state index in [1.165, 1.54) is 0 Å². The van der Waals surface area contributed by atoms with E-state index < -0.39 is 0 Å². The molecule has 5 heteroatoms. The summed E-state index contributed by atoms with van der Waals surface area (Å²) in [4.78, 5) is 14.4. The fourth-order valence-electron chi connectivity index (χ4n) is 2.94. The highest BCUT2D eigenvalue weighted by atomic mass is 16.5. The van der Waals surface area contributed by atoms with Gasteiger partial charge in [0.25, 0.3) is 5.91 Å². The topological polar surface area (TPSA) is 60.5 Å². The van der Waals surface area contributed by atoms with Crippen LogP contribution in [0.5, 0.6) is 0 Å². The summed E-state index contributed by atoms with van der Waals surface area (Å²) < 4.78 is 7.53. The molecule has 110 valence electrons. The zero-order valence-corrected chi connectivity index (χ0v) is 12.0. The summed E-state index contributed by atoms with van der Waals surface area (Å²) >= 11 is 0. The van der Waals surface area contributed by atoms with Crippen LogP contribution in [0.2, 0.25) is 0 Å². The fraction of sp³-hybridized carbons (Fsp3) is 0.667. The molecule has 2 fully saturated rings. The van der Waals surface area contributed by atoms with Crippen LogP contribution >= 0.6 is 0 Å². The van der Waals surface area contributed by atoms with E-state index in [4.69, 9.17) is 10.5 Å². The Morgan fingerprint density at radius 3 is 2.95 bits per heavy atom.